The molecule has 27 heavy (non-hydrogen) atoms. The van der Waals surface area contributed by atoms with E-state index in [4.69, 9.17) is 14.6 Å². The van der Waals surface area contributed by atoms with Gasteiger partial charge in [-0.25, -0.2) is 0 Å². The number of fused-ring (bicyclic) bond motifs is 1. The van der Waals surface area contributed by atoms with Crippen LogP contribution >= 0.6 is 0 Å². The van der Waals surface area contributed by atoms with Gasteiger partial charge in [-0.2, -0.15) is 5.10 Å². The Bertz CT molecular complexity index is 1030. The monoisotopic (exact) mass is 372 g/mol. The zero-order valence-electron chi connectivity index (χ0n) is 15.2. The summed E-state index contributed by atoms with van der Waals surface area (Å²) in [4.78, 5) is 23.0. The highest BCUT2D eigenvalue weighted by Gasteiger charge is 2.17. The topological polar surface area (TPSA) is 118 Å². The average Bonchev–Trinajstić information content (AvgIpc) is 3.14. The van der Waals surface area contributed by atoms with Gasteiger partial charge >= 0.3 is 5.97 Å². The summed E-state index contributed by atoms with van der Waals surface area (Å²) in [6, 6.07) is 3.65. The summed E-state index contributed by atoms with van der Waals surface area (Å²) in [7, 11) is 4.74. The van der Waals surface area contributed by atoms with Crippen molar-refractivity contribution in [2.45, 2.75) is 6.54 Å². The number of aryl methyl sites for hydroxylation is 1. The lowest BCUT2D eigenvalue weighted by Gasteiger charge is -2.16. The Kier molecular flexibility index (Phi) is 5.13. The summed E-state index contributed by atoms with van der Waals surface area (Å²) in [6.07, 6.45) is 3.34. The molecule has 2 heterocycles. The minimum atomic E-state index is -0.947. The maximum absolute atomic E-state index is 12.2. The Morgan fingerprint density at radius 3 is 2.56 bits per heavy atom. The van der Waals surface area contributed by atoms with Crippen LogP contribution in [0.15, 0.2) is 29.3 Å². The Labute approximate surface area is 154 Å². The molecule has 9 nitrogen and oxygen atoms in total. The van der Waals surface area contributed by atoms with Crippen molar-refractivity contribution in [3.63, 3.8) is 0 Å². The third kappa shape index (κ3) is 3.49. The molecular weight excluding hydrogens is 352 g/mol. The van der Waals surface area contributed by atoms with Crippen molar-refractivity contribution in [3.8, 4) is 22.6 Å². The number of nitrogens with zero attached hydrogens (tertiary/aromatic N) is 2. The van der Waals surface area contributed by atoms with Crippen LogP contribution in [0.4, 0.5) is 0 Å². The quantitative estimate of drug-likeness (QED) is 0.569. The van der Waals surface area contributed by atoms with Crippen molar-refractivity contribution in [2.24, 2.45) is 7.05 Å². The van der Waals surface area contributed by atoms with Gasteiger partial charge < -0.3 is 24.5 Å². The van der Waals surface area contributed by atoms with Crippen LogP contribution in [0.3, 0.4) is 0 Å². The first-order valence-electron chi connectivity index (χ1n) is 8.16. The van der Waals surface area contributed by atoms with E-state index in [1.54, 1.807) is 19.4 Å². The van der Waals surface area contributed by atoms with Gasteiger partial charge in [-0.15, -0.1) is 0 Å². The van der Waals surface area contributed by atoms with Crippen LogP contribution in [0.25, 0.3) is 22.0 Å². The number of methoxy groups -OCH3 is 2. The van der Waals surface area contributed by atoms with Gasteiger partial charge in [0.05, 0.1) is 27.0 Å². The second-order valence-corrected chi connectivity index (χ2v) is 5.97. The number of pyridine rings is 1. The van der Waals surface area contributed by atoms with Gasteiger partial charge in [0.1, 0.15) is 17.0 Å². The molecule has 0 fully saturated rings. The zero-order valence-corrected chi connectivity index (χ0v) is 15.2. The van der Waals surface area contributed by atoms with E-state index in [-0.39, 0.29) is 18.6 Å². The smallest absolute Gasteiger partial charge is 0.317 e. The van der Waals surface area contributed by atoms with Crippen LogP contribution in [0.5, 0.6) is 11.5 Å². The Balaban J connectivity index is 2.13. The van der Waals surface area contributed by atoms with Crippen molar-refractivity contribution in [1.29, 1.82) is 0 Å². The Morgan fingerprint density at radius 2 is 1.96 bits per heavy atom. The van der Waals surface area contributed by atoms with Crippen LogP contribution in [-0.2, 0) is 18.4 Å². The molecule has 0 saturated heterocycles. The summed E-state index contributed by atoms with van der Waals surface area (Å²) in [5.41, 5.74) is 2.54. The van der Waals surface area contributed by atoms with Crippen molar-refractivity contribution in [2.75, 3.05) is 20.8 Å². The van der Waals surface area contributed by atoms with Crippen LogP contribution in [0.2, 0.25) is 0 Å². The number of rotatable bonds is 7. The number of nitrogens with one attached hydrogen (secondary N) is 2. The lowest BCUT2D eigenvalue weighted by atomic mass is 10.0. The summed E-state index contributed by atoms with van der Waals surface area (Å²) in [5, 5.41) is 19.0. The maximum atomic E-state index is 12.2. The zero-order chi connectivity index (χ0) is 19.6. The molecule has 142 valence electrons. The molecule has 0 bridgehead atoms. The van der Waals surface area contributed by atoms with Crippen molar-refractivity contribution >= 4 is 16.9 Å². The molecule has 0 radical (unpaired) electrons. The van der Waals surface area contributed by atoms with E-state index in [1.165, 1.54) is 18.8 Å². The number of hydrogen-bond acceptors (Lipinski definition) is 6. The number of H-pyrrole nitrogens is 1. The first-order valence-corrected chi connectivity index (χ1v) is 8.16. The van der Waals surface area contributed by atoms with Gasteiger partial charge in [0.15, 0.2) is 0 Å². The molecule has 0 amide bonds. The predicted molar refractivity (Wildman–Crippen MR) is 99.2 cm³/mol. The summed E-state index contributed by atoms with van der Waals surface area (Å²) in [5.74, 6) is 0.151. The Morgan fingerprint density at radius 1 is 1.30 bits per heavy atom. The molecule has 3 N–H and O–H groups in total. The molecule has 3 aromatic rings. The van der Waals surface area contributed by atoms with E-state index in [9.17, 15) is 9.59 Å². The maximum Gasteiger partial charge on any atom is 0.317 e. The number of carboxylic acids is 1. The molecule has 0 aliphatic rings. The SMILES string of the molecule is COc1cc(-c2cn(C)c(=O)c3[nH]ncc23)cc(OC)c1CNCC(=O)O. The van der Waals surface area contributed by atoms with E-state index >= 15 is 0 Å². The molecule has 0 atom stereocenters. The van der Waals surface area contributed by atoms with Gasteiger partial charge in [0.25, 0.3) is 5.56 Å². The van der Waals surface area contributed by atoms with Gasteiger partial charge in [-0.05, 0) is 17.7 Å². The summed E-state index contributed by atoms with van der Waals surface area (Å²) >= 11 is 0. The highest BCUT2D eigenvalue weighted by molar-refractivity contribution is 5.94. The molecule has 0 aliphatic carbocycles. The van der Waals surface area contributed by atoms with Crippen molar-refractivity contribution < 1.29 is 19.4 Å². The molecule has 3 rings (SSSR count). The van der Waals surface area contributed by atoms with E-state index in [1.807, 2.05) is 12.1 Å². The first kappa shape index (κ1) is 18.5. The van der Waals surface area contributed by atoms with Crippen molar-refractivity contribution in [1.82, 2.24) is 20.1 Å². The van der Waals surface area contributed by atoms with Crippen LogP contribution in [0, 0.1) is 0 Å². The summed E-state index contributed by atoms with van der Waals surface area (Å²) in [6.45, 7) is 0.0951. The highest BCUT2D eigenvalue weighted by atomic mass is 16.5. The Hall–Kier alpha value is -3.33. The molecule has 0 aliphatic heterocycles. The van der Waals surface area contributed by atoms with Crippen LogP contribution < -0.4 is 20.3 Å². The molecule has 0 spiro atoms. The number of aromatic nitrogens is 3. The molecule has 0 unspecified atom stereocenters. The van der Waals surface area contributed by atoms with Gasteiger partial charge in [-0.1, -0.05) is 0 Å². The van der Waals surface area contributed by atoms with Crippen molar-refractivity contribution in [3.05, 3.63) is 40.4 Å². The van der Waals surface area contributed by atoms with Crippen LogP contribution in [-0.4, -0.2) is 46.6 Å². The second kappa shape index (κ2) is 7.50. The third-order valence-corrected chi connectivity index (χ3v) is 4.28. The number of aromatic amines is 1. The molecular formula is C18H20N4O5. The van der Waals surface area contributed by atoms with Gasteiger partial charge in [0, 0.05) is 36.3 Å². The highest BCUT2D eigenvalue weighted by Crippen LogP contribution is 2.36. The predicted octanol–water partition coefficient (Wildman–Crippen LogP) is 1.12. The van der Waals surface area contributed by atoms with E-state index in [2.05, 4.69) is 15.5 Å². The fraction of sp³-hybridized carbons (Fsp3) is 0.278. The van der Waals surface area contributed by atoms with Gasteiger partial charge in [-0.3, -0.25) is 14.7 Å². The summed E-state index contributed by atoms with van der Waals surface area (Å²) < 4.78 is 12.5. The molecule has 0 saturated carbocycles. The van der Waals surface area contributed by atoms with E-state index in [0.717, 1.165) is 11.1 Å². The second-order valence-electron chi connectivity index (χ2n) is 5.97. The minimum Gasteiger partial charge on any atom is -0.496 e. The normalized spacial score (nSPS) is 10.9. The van der Waals surface area contributed by atoms with Gasteiger partial charge in [0.2, 0.25) is 0 Å². The lowest BCUT2D eigenvalue weighted by molar-refractivity contribution is -0.136. The number of carboxylic acid groups (broad SMARTS) is 1. The molecule has 2 aromatic heterocycles. The number of carbonyl (C=O) groups is 1. The van der Waals surface area contributed by atoms with Crippen LogP contribution in [0.1, 0.15) is 5.56 Å². The molecule has 9 heteroatoms. The van der Waals surface area contributed by atoms with E-state index < -0.39 is 5.97 Å². The lowest BCUT2D eigenvalue weighted by Crippen LogP contribution is -2.22. The molecule has 1 aromatic carbocycles. The number of ether oxygens (including phenoxy) is 2. The third-order valence-electron chi connectivity index (χ3n) is 4.28. The number of aliphatic carboxylic acids is 1. The fourth-order valence-corrected chi connectivity index (χ4v) is 2.99. The average molecular weight is 372 g/mol. The minimum absolute atomic E-state index is 0.167. The largest absolute Gasteiger partial charge is 0.496 e. The first-order chi connectivity index (χ1) is 13.0. The number of hydrogen-bond donors (Lipinski definition) is 3. The number of benzene rings is 1. The van der Waals surface area contributed by atoms with E-state index in [0.29, 0.717) is 28.0 Å². The standard InChI is InChI=1S/C18H20N4O5/c1-22-9-13(11-7-20-21-17(11)18(22)25)10-4-14(26-2)12(15(5-10)27-3)6-19-8-16(23)24/h4-5,7,9,19H,6,8H2,1-3H3,(H,20,21)(H,23,24). The fourth-order valence-electron chi connectivity index (χ4n) is 2.99.